The first-order valence-electron chi connectivity index (χ1n) is 7.44. The van der Waals surface area contributed by atoms with E-state index >= 15 is 0 Å². The lowest BCUT2D eigenvalue weighted by Gasteiger charge is -2.38. The van der Waals surface area contributed by atoms with Crippen LogP contribution >= 0.6 is 11.6 Å². The Morgan fingerprint density at radius 3 is 2.57 bits per heavy atom. The summed E-state index contributed by atoms with van der Waals surface area (Å²) in [5.41, 5.74) is 0.674. The number of carboxylic acids is 1. The van der Waals surface area contributed by atoms with E-state index in [1.165, 1.54) is 6.07 Å². The molecule has 0 aromatic heterocycles. The molecule has 2 aliphatic rings. The van der Waals surface area contributed by atoms with E-state index in [9.17, 15) is 9.18 Å². The Labute approximate surface area is 128 Å². The molecule has 2 atom stereocenters. The van der Waals surface area contributed by atoms with Crippen LogP contribution in [-0.2, 0) is 11.3 Å². The Kier molecular flexibility index (Phi) is 4.18. The number of carboxylic acid groups (broad SMARTS) is 1. The smallest absolute Gasteiger partial charge is 0.303 e. The highest BCUT2D eigenvalue weighted by Crippen LogP contribution is 2.40. The van der Waals surface area contributed by atoms with Crippen LogP contribution in [0.25, 0.3) is 0 Å². The number of halogens is 2. The zero-order valence-electron chi connectivity index (χ0n) is 11.8. The lowest BCUT2D eigenvalue weighted by atomic mass is 9.88. The van der Waals surface area contributed by atoms with Gasteiger partial charge in [0.2, 0.25) is 0 Å². The molecule has 0 aliphatic carbocycles. The normalized spacial score (nSPS) is 28.8. The van der Waals surface area contributed by atoms with Crippen LogP contribution in [0.1, 0.15) is 37.7 Å². The fourth-order valence-electron chi connectivity index (χ4n) is 3.91. The highest BCUT2D eigenvalue weighted by Gasteiger charge is 2.41. The zero-order chi connectivity index (χ0) is 15.0. The predicted molar refractivity (Wildman–Crippen MR) is 78.7 cm³/mol. The van der Waals surface area contributed by atoms with E-state index in [2.05, 4.69) is 4.90 Å². The Bertz CT molecular complexity index is 537. The van der Waals surface area contributed by atoms with Gasteiger partial charge in [0, 0.05) is 35.6 Å². The SMILES string of the molecule is O=C(O)CC1CC2CCC(C1)N2Cc1ccc(Cl)cc1F. The number of aliphatic carboxylic acids is 1. The predicted octanol–water partition coefficient (Wildman–Crippen LogP) is 3.70. The third kappa shape index (κ3) is 3.22. The van der Waals surface area contributed by atoms with Gasteiger partial charge in [0.15, 0.2) is 0 Å². The van der Waals surface area contributed by atoms with Crippen molar-refractivity contribution in [1.82, 2.24) is 4.90 Å². The quantitative estimate of drug-likeness (QED) is 0.922. The highest BCUT2D eigenvalue weighted by atomic mass is 35.5. The summed E-state index contributed by atoms with van der Waals surface area (Å²) in [4.78, 5) is 13.2. The summed E-state index contributed by atoms with van der Waals surface area (Å²) in [6.07, 6.45) is 4.28. The third-order valence-electron chi connectivity index (χ3n) is 4.81. The van der Waals surface area contributed by atoms with Gasteiger partial charge < -0.3 is 5.11 Å². The van der Waals surface area contributed by atoms with Crippen LogP contribution in [0.2, 0.25) is 5.02 Å². The van der Waals surface area contributed by atoms with Gasteiger partial charge in [-0.15, -0.1) is 0 Å². The second-order valence-corrected chi connectivity index (χ2v) is 6.66. The average Bonchev–Trinajstić information content (AvgIpc) is 2.64. The molecule has 3 rings (SSSR count). The van der Waals surface area contributed by atoms with E-state index in [-0.39, 0.29) is 18.2 Å². The van der Waals surface area contributed by atoms with Gasteiger partial charge in [-0.05, 0) is 43.7 Å². The van der Waals surface area contributed by atoms with Crippen molar-refractivity contribution >= 4 is 17.6 Å². The van der Waals surface area contributed by atoms with Crippen molar-refractivity contribution in [2.24, 2.45) is 5.92 Å². The van der Waals surface area contributed by atoms with Gasteiger partial charge in [0.05, 0.1) is 0 Å². The van der Waals surface area contributed by atoms with Gasteiger partial charge in [0.1, 0.15) is 5.82 Å². The van der Waals surface area contributed by atoms with E-state index in [0.717, 1.165) is 25.7 Å². The summed E-state index contributed by atoms with van der Waals surface area (Å²) in [6, 6.07) is 5.61. The molecular weight excluding hydrogens is 293 g/mol. The van der Waals surface area contributed by atoms with E-state index in [0.29, 0.717) is 29.2 Å². The summed E-state index contributed by atoms with van der Waals surface area (Å²) in [6.45, 7) is 0.595. The van der Waals surface area contributed by atoms with Gasteiger partial charge >= 0.3 is 5.97 Å². The van der Waals surface area contributed by atoms with Crippen LogP contribution in [-0.4, -0.2) is 28.1 Å². The van der Waals surface area contributed by atoms with Crippen LogP contribution in [0, 0.1) is 11.7 Å². The number of carbonyl (C=O) groups is 1. The minimum Gasteiger partial charge on any atom is -0.481 e. The molecule has 0 saturated carbocycles. The zero-order valence-corrected chi connectivity index (χ0v) is 12.5. The summed E-state index contributed by atoms with van der Waals surface area (Å²) >= 11 is 5.79. The van der Waals surface area contributed by atoms with Crippen molar-refractivity contribution in [3.8, 4) is 0 Å². The third-order valence-corrected chi connectivity index (χ3v) is 5.05. The second-order valence-electron chi connectivity index (χ2n) is 6.23. The molecule has 2 heterocycles. The first kappa shape index (κ1) is 14.8. The van der Waals surface area contributed by atoms with Gasteiger partial charge in [0.25, 0.3) is 0 Å². The van der Waals surface area contributed by atoms with E-state index in [1.54, 1.807) is 12.1 Å². The molecule has 5 heteroatoms. The largest absolute Gasteiger partial charge is 0.481 e. The van der Waals surface area contributed by atoms with Crippen LogP contribution in [0.5, 0.6) is 0 Å². The maximum absolute atomic E-state index is 13.9. The Morgan fingerprint density at radius 1 is 1.33 bits per heavy atom. The number of piperidine rings is 1. The fraction of sp³-hybridized carbons (Fsp3) is 0.562. The van der Waals surface area contributed by atoms with E-state index in [4.69, 9.17) is 16.7 Å². The van der Waals surface area contributed by atoms with Gasteiger partial charge in [-0.1, -0.05) is 17.7 Å². The number of benzene rings is 1. The van der Waals surface area contributed by atoms with Gasteiger partial charge in [-0.3, -0.25) is 9.69 Å². The Balaban J connectivity index is 1.69. The van der Waals surface area contributed by atoms with Gasteiger partial charge in [-0.2, -0.15) is 0 Å². The van der Waals surface area contributed by atoms with Crippen LogP contribution in [0.15, 0.2) is 18.2 Å². The molecule has 1 N–H and O–H groups in total. The number of rotatable bonds is 4. The first-order chi connectivity index (χ1) is 10.0. The molecule has 2 aliphatic heterocycles. The minimum absolute atomic E-state index is 0.255. The number of fused-ring (bicyclic) bond motifs is 2. The number of hydrogen-bond acceptors (Lipinski definition) is 2. The van der Waals surface area contributed by atoms with Crippen molar-refractivity contribution < 1.29 is 14.3 Å². The first-order valence-corrected chi connectivity index (χ1v) is 7.82. The van der Waals surface area contributed by atoms with Crippen LogP contribution in [0.3, 0.4) is 0 Å². The van der Waals surface area contributed by atoms with Crippen molar-refractivity contribution in [2.45, 2.75) is 50.7 Å². The van der Waals surface area contributed by atoms with Crippen molar-refractivity contribution in [3.05, 3.63) is 34.6 Å². The maximum Gasteiger partial charge on any atom is 0.303 e. The van der Waals surface area contributed by atoms with E-state index < -0.39 is 5.97 Å². The molecule has 1 aromatic rings. The lowest BCUT2D eigenvalue weighted by Crippen LogP contribution is -2.42. The number of nitrogens with zero attached hydrogens (tertiary/aromatic N) is 1. The second kappa shape index (κ2) is 5.93. The molecule has 2 saturated heterocycles. The molecular formula is C16H19ClFNO2. The maximum atomic E-state index is 13.9. The molecule has 114 valence electrons. The molecule has 0 radical (unpaired) electrons. The lowest BCUT2D eigenvalue weighted by molar-refractivity contribution is -0.138. The monoisotopic (exact) mass is 311 g/mol. The van der Waals surface area contributed by atoms with Crippen molar-refractivity contribution in [1.29, 1.82) is 0 Å². The molecule has 2 unspecified atom stereocenters. The summed E-state index contributed by atoms with van der Waals surface area (Å²) in [5, 5.41) is 9.36. The summed E-state index contributed by atoms with van der Waals surface area (Å²) in [7, 11) is 0. The molecule has 3 nitrogen and oxygen atoms in total. The number of hydrogen-bond donors (Lipinski definition) is 1. The van der Waals surface area contributed by atoms with Crippen molar-refractivity contribution in [2.75, 3.05) is 0 Å². The Hall–Kier alpha value is -1.13. The highest BCUT2D eigenvalue weighted by molar-refractivity contribution is 6.30. The topological polar surface area (TPSA) is 40.5 Å². The summed E-state index contributed by atoms with van der Waals surface area (Å²) < 4.78 is 13.9. The van der Waals surface area contributed by atoms with E-state index in [1.807, 2.05) is 0 Å². The molecule has 2 fully saturated rings. The minimum atomic E-state index is -0.711. The summed E-state index contributed by atoms with van der Waals surface area (Å²) in [5.74, 6) is -0.697. The standard InChI is InChI=1S/C16H19ClFNO2/c17-12-2-1-11(15(18)8-12)9-19-13-3-4-14(19)6-10(5-13)7-16(20)21/h1-2,8,10,13-14H,3-7,9H2,(H,20,21). The molecule has 0 amide bonds. The van der Waals surface area contributed by atoms with Crippen molar-refractivity contribution in [3.63, 3.8) is 0 Å². The molecule has 1 aromatic carbocycles. The van der Waals surface area contributed by atoms with Gasteiger partial charge in [-0.25, -0.2) is 4.39 Å². The Morgan fingerprint density at radius 2 is 2.00 bits per heavy atom. The van der Waals surface area contributed by atoms with Crippen LogP contribution < -0.4 is 0 Å². The average molecular weight is 312 g/mol. The van der Waals surface area contributed by atoms with Crippen LogP contribution in [0.4, 0.5) is 4.39 Å². The fourth-order valence-corrected chi connectivity index (χ4v) is 4.06. The molecule has 21 heavy (non-hydrogen) atoms. The molecule has 2 bridgehead atoms. The molecule has 0 spiro atoms.